The summed E-state index contributed by atoms with van der Waals surface area (Å²) in [6.45, 7) is 1.88. The monoisotopic (exact) mass is 467 g/mol. The first-order valence-electron chi connectivity index (χ1n) is 9.78. The van der Waals surface area contributed by atoms with Crippen molar-refractivity contribution >= 4 is 47.1 Å². The Morgan fingerprint density at radius 1 is 1.00 bits per heavy atom. The standard InChI is InChI=1S/C24H22ClN3O3S/c1-17-6-12-20(13-7-17)32-16-24(30)28-26-14-18-8-10-19(11-9-18)31-15-23(29)27-22-5-3-2-4-21(22)25/h2-14H,15-16H2,1H3,(H,27,29)(H,28,30). The van der Waals surface area contributed by atoms with Crippen LogP contribution < -0.4 is 15.5 Å². The van der Waals surface area contributed by atoms with Crippen LogP contribution in [0.15, 0.2) is 82.8 Å². The fourth-order valence-electron chi connectivity index (χ4n) is 2.54. The number of thioether (sulfide) groups is 1. The van der Waals surface area contributed by atoms with Crippen molar-refractivity contribution in [2.75, 3.05) is 17.7 Å². The molecule has 2 N–H and O–H groups in total. The highest BCUT2D eigenvalue weighted by molar-refractivity contribution is 8.00. The summed E-state index contributed by atoms with van der Waals surface area (Å²) in [6, 6.07) is 22.0. The second kappa shape index (κ2) is 11.9. The van der Waals surface area contributed by atoms with Crippen LogP contribution >= 0.6 is 23.4 Å². The second-order valence-corrected chi connectivity index (χ2v) is 8.24. The van der Waals surface area contributed by atoms with Gasteiger partial charge in [-0.2, -0.15) is 5.10 Å². The first-order chi connectivity index (χ1) is 15.5. The van der Waals surface area contributed by atoms with Crippen molar-refractivity contribution in [1.29, 1.82) is 0 Å². The summed E-state index contributed by atoms with van der Waals surface area (Å²) in [4.78, 5) is 25.0. The molecule has 3 rings (SSSR count). The smallest absolute Gasteiger partial charge is 0.262 e. The van der Waals surface area contributed by atoms with E-state index in [1.54, 1.807) is 54.7 Å². The summed E-state index contributed by atoms with van der Waals surface area (Å²) >= 11 is 7.47. The number of anilines is 1. The van der Waals surface area contributed by atoms with E-state index in [1.807, 2.05) is 31.2 Å². The number of aryl methyl sites for hydroxylation is 1. The summed E-state index contributed by atoms with van der Waals surface area (Å²) in [5.74, 6) is 0.324. The van der Waals surface area contributed by atoms with Crippen LogP contribution in [0.4, 0.5) is 5.69 Å². The molecule has 164 valence electrons. The van der Waals surface area contributed by atoms with Gasteiger partial charge in [-0.25, -0.2) is 5.43 Å². The summed E-state index contributed by atoms with van der Waals surface area (Å²) in [5.41, 5.74) is 5.01. The molecular weight excluding hydrogens is 446 g/mol. The molecule has 0 saturated heterocycles. The molecule has 32 heavy (non-hydrogen) atoms. The number of nitrogens with one attached hydrogen (secondary N) is 2. The lowest BCUT2D eigenvalue weighted by atomic mass is 10.2. The van der Waals surface area contributed by atoms with Crippen LogP contribution in [0.1, 0.15) is 11.1 Å². The quantitative estimate of drug-likeness (QED) is 0.266. The van der Waals surface area contributed by atoms with Gasteiger partial charge in [0.1, 0.15) is 5.75 Å². The van der Waals surface area contributed by atoms with Crippen molar-refractivity contribution in [3.8, 4) is 5.75 Å². The molecular formula is C24H22ClN3O3S. The number of carbonyl (C=O) groups excluding carboxylic acids is 2. The van der Waals surface area contributed by atoms with Crippen LogP contribution in [0.5, 0.6) is 5.75 Å². The van der Waals surface area contributed by atoms with Gasteiger partial charge in [-0.15, -0.1) is 11.8 Å². The minimum atomic E-state index is -0.310. The lowest BCUT2D eigenvalue weighted by Gasteiger charge is -2.08. The fraction of sp³-hybridized carbons (Fsp3) is 0.125. The highest BCUT2D eigenvalue weighted by atomic mass is 35.5. The number of para-hydroxylation sites is 1. The van der Waals surface area contributed by atoms with Crippen LogP contribution in [0.2, 0.25) is 5.02 Å². The van der Waals surface area contributed by atoms with Crippen LogP contribution in [0.25, 0.3) is 0 Å². The fourth-order valence-corrected chi connectivity index (χ4v) is 3.42. The third kappa shape index (κ3) is 7.76. The number of hydrazone groups is 1. The lowest BCUT2D eigenvalue weighted by molar-refractivity contribution is -0.119. The number of carbonyl (C=O) groups is 2. The predicted octanol–water partition coefficient (Wildman–Crippen LogP) is 4.91. The van der Waals surface area contributed by atoms with Crippen molar-refractivity contribution in [1.82, 2.24) is 5.43 Å². The van der Waals surface area contributed by atoms with Gasteiger partial charge in [0.25, 0.3) is 5.91 Å². The predicted molar refractivity (Wildman–Crippen MR) is 130 cm³/mol. The molecule has 0 fully saturated rings. The minimum absolute atomic E-state index is 0.145. The number of benzene rings is 3. The molecule has 3 aromatic carbocycles. The van der Waals surface area contributed by atoms with E-state index < -0.39 is 0 Å². The Hall–Kier alpha value is -3.29. The number of ether oxygens (including phenoxy) is 1. The molecule has 0 spiro atoms. The van der Waals surface area contributed by atoms with Crippen molar-refractivity contribution in [2.24, 2.45) is 5.10 Å². The van der Waals surface area contributed by atoms with Crippen molar-refractivity contribution < 1.29 is 14.3 Å². The molecule has 0 heterocycles. The molecule has 0 aliphatic heterocycles. The van der Waals surface area contributed by atoms with Gasteiger partial charge in [-0.05, 0) is 61.0 Å². The van der Waals surface area contributed by atoms with Crippen LogP contribution in [0.3, 0.4) is 0 Å². The summed E-state index contributed by atoms with van der Waals surface area (Å²) in [6.07, 6.45) is 1.54. The lowest BCUT2D eigenvalue weighted by Crippen LogP contribution is -2.20. The third-order valence-electron chi connectivity index (χ3n) is 4.19. The molecule has 6 nitrogen and oxygen atoms in total. The van der Waals surface area contributed by atoms with Gasteiger partial charge in [0.2, 0.25) is 5.91 Å². The maximum Gasteiger partial charge on any atom is 0.262 e. The Morgan fingerprint density at radius 2 is 1.72 bits per heavy atom. The molecule has 8 heteroatoms. The molecule has 0 radical (unpaired) electrons. The molecule has 0 bridgehead atoms. The van der Waals surface area contributed by atoms with Gasteiger partial charge >= 0.3 is 0 Å². The third-order valence-corrected chi connectivity index (χ3v) is 5.53. The van der Waals surface area contributed by atoms with Gasteiger partial charge in [0.15, 0.2) is 6.61 Å². The molecule has 0 saturated carbocycles. The molecule has 2 amide bonds. The zero-order valence-corrected chi connectivity index (χ0v) is 19.0. The topological polar surface area (TPSA) is 79.8 Å². The number of nitrogens with zero attached hydrogens (tertiary/aromatic N) is 1. The Bertz CT molecular complexity index is 1090. The Balaban J connectivity index is 1.39. The highest BCUT2D eigenvalue weighted by Crippen LogP contribution is 2.20. The van der Waals surface area contributed by atoms with E-state index in [9.17, 15) is 9.59 Å². The zero-order valence-electron chi connectivity index (χ0n) is 17.4. The molecule has 0 unspecified atom stereocenters. The Morgan fingerprint density at radius 3 is 2.44 bits per heavy atom. The van der Waals surface area contributed by atoms with E-state index in [0.717, 1.165) is 10.5 Å². The molecule has 0 aliphatic rings. The van der Waals surface area contributed by atoms with Gasteiger partial charge in [0.05, 0.1) is 22.7 Å². The van der Waals surface area contributed by atoms with E-state index in [0.29, 0.717) is 16.5 Å². The van der Waals surface area contributed by atoms with Crippen molar-refractivity contribution in [3.05, 3.63) is 88.9 Å². The average Bonchev–Trinajstić information content (AvgIpc) is 2.80. The van der Waals surface area contributed by atoms with Gasteiger partial charge in [-0.1, -0.05) is 41.4 Å². The van der Waals surface area contributed by atoms with E-state index in [4.69, 9.17) is 16.3 Å². The van der Waals surface area contributed by atoms with Gasteiger partial charge in [0, 0.05) is 4.90 Å². The number of halogens is 1. The highest BCUT2D eigenvalue weighted by Gasteiger charge is 2.06. The largest absolute Gasteiger partial charge is 0.484 e. The first kappa shape index (κ1) is 23.4. The Kier molecular flexibility index (Phi) is 8.71. The number of amides is 2. The number of rotatable bonds is 9. The van der Waals surface area contributed by atoms with Crippen molar-refractivity contribution in [2.45, 2.75) is 11.8 Å². The summed E-state index contributed by atoms with van der Waals surface area (Å²) in [5, 5.41) is 7.13. The van der Waals surface area contributed by atoms with Crippen LogP contribution in [-0.2, 0) is 9.59 Å². The maximum absolute atomic E-state index is 12.0. The summed E-state index contributed by atoms with van der Waals surface area (Å²) in [7, 11) is 0. The molecule has 0 atom stereocenters. The minimum Gasteiger partial charge on any atom is -0.484 e. The number of hydrogen-bond acceptors (Lipinski definition) is 5. The van der Waals surface area contributed by atoms with Crippen molar-refractivity contribution in [3.63, 3.8) is 0 Å². The zero-order chi connectivity index (χ0) is 22.8. The molecule has 0 aliphatic carbocycles. The first-order valence-corrected chi connectivity index (χ1v) is 11.1. The normalized spacial score (nSPS) is 10.7. The van der Waals surface area contributed by atoms with E-state index >= 15 is 0 Å². The van der Waals surface area contributed by atoms with E-state index in [-0.39, 0.29) is 24.2 Å². The molecule has 0 aromatic heterocycles. The van der Waals surface area contributed by atoms with E-state index in [2.05, 4.69) is 15.8 Å². The SMILES string of the molecule is Cc1ccc(SCC(=O)NN=Cc2ccc(OCC(=O)Nc3ccccc3Cl)cc2)cc1. The second-order valence-electron chi connectivity index (χ2n) is 6.78. The molecule has 3 aromatic rings. The van der Waals surface area contributed by atoms with Gasteiger partial charge < -0.3 is 10.1 Å². The van der Waals surface area contributed by atoms with Gasteiger partial charge in [-0.3, -0.25) is 9.59 Å². The van der Waals surface area contributed by atoms with Crippen LogP contribution in [-0.4, -0.2) is 30.4 Å². The maximum atomic E-state index is 12.0. The Labute approximate surface area is 196 Å². The van der Waals surface area contributed by atoms with Crippen LogP contribution in [0, 0.1) is 6.92 Å². The number of hydrogen-bond donors (Lipinski definition) is 2. The summed E-state index contributed by atoms with van der Waals surface area (Å²) < 4.78 is 5.49. The van der Waals surface area contributed by atoms with E-state index in [1.165, 1.54) is 17.3 Å². The average molecular weight is 468 g/mol.